The van der Waals surface area contributed by atoms with E-state index < -0.39 is 23.0 Å². The molecule has 0 spiro atoms. The van der Waals surface area contributed by atoms with Crippen molar-refractivity contribution in [3.8, 4) is 0 Å². The van der Waals surface area contributed by atoms with E-state index in [0.29, 0.717) is 6.07 Å². The van der Waals surface area contributed by atoms with E-state index in [-0.39, 0.29) is 10.9 Å². The Balaban J connectivity index is 2.92. The van der Waals surface area contributed by atoms with Gasteiger partial charge in [0.25, 0.3) is 5.35 Å². The lowest BCUT2D eigenvalue weighted by molar-refractivity contribution is 0.451. The average Bonchev–Trinajstić information content (AvgIpc) is 2.42. The molecule has 6 heteroatoms. The van der Waals surface area contributed by atoms with Gasteiger partial charge in [-0.2, -0.15) is 4.98 Å². The van der Waals surface area contributed by atoms with Gasteiger partial charge in [0, 0.05) is 6.07 Å². The van der Waals surface area contributed by atoms with Gasteiger partial charge in [0.15, 0.2) is 23.0 Å². The Labute approximate surface area is 74.9 Å². The zero-order valence-corrected chi connectivity index (χ0v) is 6.70. The lowest BCUT2D eigenvalue weighted by Crippen LogP contribution is -1.90. The van der Waals surface area contributed by atoms with E-state index in [1.165, 1.54) is 0 Å². The smallest absolute Gasteiger partial charge is 0.293 e. The minimum absolute atomic E-state index is 0.221. The van der Waals surface area contributed by atoms with Gasteiger partial charge in [0.1, 0.15) is 5.52 Å². The quantitative estimate of drug-likeness (QED) is 0.621. The van der Waals surface area contributed by atoms with Crippen molar-refractivity contribution in [2.75, 3.05) is 0 Å². The Morgan fingerprint density at radius 2 is 1.92 bits per heavy atom. The number of fused-ring (bicyclic) bond motifs is 1. The molecule has 2 nitrogen and oxygen atoms in total. The first-order valence-corrected chi connectivity index (χ1v) is 3.57. The summed E-state index contributed by atoms with van der Waals surface area (Å²) in [5.74, 6) is -4.32. The molecule has 1 heterocycles. The van der Waals surface area contributed by atoms with Crippen molar-refractivity contribution in [3.05, 3.63) is 28.9 Å². The molecule has 0 aliphatic carbocycles. The van der Waals surface area contributed by atoms with Crippen LogP contribution in [0.4, 0.5) is 13.2 Å². The largest absolute Gasteiger partial charge is 0.427 e. The summed E-state index contributed by atoms with van der Waals surface area (Å²) >= 11 is 5.27. The maximum Gasteiger partial charge on any atom is 0.293 e. The molecule has 0 aliphatic rings. The Kier molecular flexibility index (Phi) is 1.69. The number of hydrogen-bond acceptors (Lipinski definition) is 2. The highest BCUT2D eigenvalue weighted by atomic mass is 35.5. The first-order chi connectivity index (χ1) is 6.09. The van der Waals surface area contributed by atoms with Gasteiger partial charge in [-0.3, -0.25) is 0 Å². The summed E-state index contributed by atoms with van der Waals surface area (Å²) in [5, 5.41) is -0.362. The number of hydrogen-bond donors (Lipinski definition) is 0. The van der Waals surface area contributed by atoms with E-state index in [4.69, 9.17) is 11.6 Å². The van der Waals surface area contributed by atoms with E-state index in [1.807, 2.05) is 0 Å². The molecule has 2 rings (SSSR count). The predicted octanol–water partition coefficient (Wildman–Crippen LogP) is 2.90. The molecule has 0 unspecified atom stereocenters. The van der Waals surface area contributed by atoms with E-state index in [0.717, 1.165) is 0 Å². The molecule has 0 N–H and O–H groups in total. The van der Waals surface area contributed by atoms with Crippen LogP contribution >= 0.6 is 11.6 Å². The van der Waals surface area contributed by atoms with Gasteiger partial charge in [-0.1, -0.05) is 0 Å². The summed E-state index contributed by atoms with van der Waals surface area (Å²) in [5.41, 5.74) is -0.634. The molecule has 13 heavy (non-hydrogen) atoms. The highest BCUT2D eigenvalue weighted by molar-refractivity contribution is 6.28. The van der Waals surface area contributed by atoms with Crippen molar-refractivity contribution >= 4 is 22.7 Å². The molecular weight excluding hydrogens is 207 g/mol. The first kappa shape index (κ1) is 8.37. The highest BCUT2D eigenvalue weighted by Crippen LogP contribution is 2.24. The predicted molar refractivity (Wildman–Crippen MR) is 38.9 cm³/mol. The van der Waals surface area contributed by atoms with Gasteiger partial charge in [0.05, 0.1) is 0 Å². The first-order valence-electron chi connectivity index (χ1n) is 3.19. The Morgan fingerprint density at radius 1 is 1.23 bits per heavy atom. The lowest BCUT2D eigenvalue weighted by Gasteiger charge is -1.93. The van der Waals surface area contributed by atoms with Crippen molar-refractivity contribution in [3.63, 3.8) is 0 Å². The number of aromatic nitrogens is 1. The SMILES string of the molecule is Fc1cc2oc(Cl)nc2c(F)c1F. The van der Waals surface area contributed by atoms with Gasteiger partial charge >= 0.3 is 0 Å². The third-order valence-corrected chi connectivity index (χ3v) is 1.66. The van der Waals surface area contributed by atoms with Gasteiger partial charge in [-0.15, -0.1) is 0 Å². The summed E-state index contributed by atoms with van der Waals surface area (Å²) in [4.78, 5) is 3.33. The Bertz CT molecular complexity index is 482. The molecule has 0 fully saturated rings. The van der Waals surface area contributed by atoms with Crippen LogP contribution < -0.4 is 0 Å². The van der Waals surface area contributed by atoms with E-state index in [1.54, 1.807) is 0 Å². The maximum atomic E-state index is 12.9. The Morgan fingerprint density at radius 3 is 2.62 bits per heavy atom. The molecule has 1 aromatic heterocycles. The van der Waals surface area contributed by atoms with Crippen molar-refractivity contribution in [2.45, 2.75) is 0 Å². The zero-order valence-electron chi connectivity index (χ0n) is 5.94. The standard InChI is InChI=1S/C7HClF3NO/c8-7-12-6-3(13-7)1-2(9)4(10)5(6)11/h1H. The molecular formula is C7HClF3NO. The van der Waals surface area contributed by atoms with Crippen LogP contribution in [0, 0.1) is 17.5 Å². The second-order valence-electron chi connectivity index (χ2n) is 2.30. The summed E-state index contributed by atoms with van der Waals surface area (Å²) < 4.78 is 42.6. The van der Waals surface area contributed by atoms with Crippen molar-refractivity contribution < 1.29 is 17.6 Å². The number of oxazole rings is 1. The van der Waals surface area contributed by atoms with Gasteiger partial charge in [-0.25, -0.2) is 13.2 Å². The minimum Gasteiger partial charge on any atom is -0.427 e. The molecule has 2 aromatic rings. The molecule has 1 aromatic carbocycles. The van der Waals surface area contributed by atoms with Crippen LogP contribution in [-0.2, 0) is 0 Å². The molecule has 0 atom stereocenters. The third-order valence-electron chi connectivity index (χ3n) is 1.50. The molecule has 0 amide bonds. The van der Waals surface area contributed by atoms with Crippen LogP contribution in [0.2, 0.25) is 5.35 Å². The van der Waals surface area contributed by atoms with Crippen molar-refractivity contribution in [1.29, 1.82) is 0 Å². The molecule has 68 valence electrons. The topological polar surface area (TPSA) is 26.0 Å². The monoisotopic (exact) mass is 207 g/mol. The van der Waals surface area contributed by atoms with Crippen LogP contribution in [0.1, 0.15) is 0 Å². The summed E-state index contributed by atoms with van der Waals surface area (Å²) in [6.45, 7) is 0. The van der Waals surface area contributed by atoms with Gasteiger partial charge in [-0.05, 0) is 11.6 Å². The fourth-order valence-electron chi connectivity index (χ4n) is 0.947. The summed E-state index contributed by atoms with van der Waals surface area (Å²) in [6, 6.07) is 0.687. The molecule has 0 saturated carbocycles. The second kappa shape index (κ2) is 2.63. The average molecular weight is 208 g/mol. The van der Waals surface area contributed by atoms with Crippen LogP contribution in [0.5, 0.6) is 0 Å². The number of halogens is 4. The molecule has 0 aliphatic heterocycles. The molecule has 0 saturated heterocycles. The van der Waals surface area contributed by atoms with Crippen molar-refractivity contribution in [2.24, 2.45) is 0 Å². The second-order valence-corrected chi connectivity index (χ2v) is 2.62. The molecule has 0 radical (unpaired) electrons. The van der Waals surface area contributed by atoms with E-state index in [9.17, 15) is 13.2 Å². The lowest BCUT2D eigenvalue weighted by atomic mass is 10.3. The number of nitrogens with zero attached hydrogens (tertiary/aromatic N) is 1. The van der Waals surface area contributed by atoms with Gasteiger partial charge < -0.3 is 4.42 Å². The summed E-state index contributed by atoms with van der Waals surface area (Å²) in [7, 11) is 0. The van der Waals surface area contributed by atoms with Crippen LogP contribution in [0.3, 0.4) is 0 Å². The number of rotatable bonds is 0. The minimum atomic E-state index is -1.59. The van der Waals surface area contributed by atoms with Crippen LogP contribution in [0.15, 0.2) is 10.5 Å². The number of benzene rings is 1. The third kappa shape index (κ3) is 1.16. The fourth-order valence-corrected chi connectivity index (χ4v) is 1.11. The van der Waals surface area contributed by atoms with Crippen molar-refractivity contribution in [1.82, 2.24) is 4.98 Å². The zero-order chi connectivity index (χ0) is 9.59. The van der Waals surface area contributed by atoms with Crippen LogP contribution in [0.25, 0.3) is 11.1 Å². The fraction of sp³-hybridized carbons (Fsp3) is 0. The van der Waals surface area contributed by atoms with E-state index in [2.05, 4.69) is 9.40 Å². The Hall–Kier alpha value is -1.23. The maximum absolute atomic E-state index is 12.9. The van der Waals surface area contributed by atoms with Gasteiger partial charge in [0.2, 0.25) is 0 Å². The van der Waals surface area contributed by atoms with E-state index >= 15 is 0 Å². The highest BCUT2D eigenvalue weighted by Gasteiger charge is 2.17. The van der Waals surface area contributed by atoms with Crippen LogP contribution in [-0.4, -0.2) is 4.98 Å². The summed E-state index contributed by atoms with van der Waals surface area (Å²) in [6.07, 6.45) is 0. The molecule has 0 bridgehead atoms. The normalized spacial score (nSPS) is 11.1.